The molecule has 23 heavy (non-hydrogen) atoms. The zero-order valence-electron chi connectivity index (χ0n) is 13.2. The number of para-hydroxylation sites is 1. The van der Waals surface area contributed by atoms with Gasteiger partial charge in [0.1, 0.15) is 5.15 Å². The zero-order valence-corrected chi connectivity index (χ0v) is 14.0. The van der Waals surface area contributed by atoms with E-state index in [0.717, 1.165) is 24.1 Å². The number of nitrogens with one attached hydrogen (secondary N) is 1. The molecule has 0 aliphatic heterocycles. The van der Waals surface area contributed by atoms with Gasteiger partial charge in [-0.2, -0.15) is 5.10 Å². The number of anilines is 1. The number of hydrogen-bond donors (Lipinski definition) is 1. The van der Waals surface area contributed by atoms with E-state index in [1.54, 1.807) is 17.9 Å². The van der Waals surface area contributed by atoms with Gasteiger partial charge in [0.05, 0.1) is 12.7 Å². The summed E-state index contributed by atoms with van der Waals surface area (Å²) >= 11 is 6.27. The highest BCUT2D eigenvalue weighted by Crippen LogP contribution is 2.27. The molecule has 1 heterocycles. The number of benzene rings is 1. The van der Waals surface area contributed by atoms with Crippen LogP contribution in [0, 0.1) is 0 Å². The van der Waals surface area contributed by atoms with Gasteiger partial charge < -0.3 is 10.2 Å². The predicted octanol–water partition coefficient (Wildman–Crippen LogP) is 4.05. The maximum atomic E-state index is 12.8. The number of nitrogens with zero attached hydrogens (tertiary/aromatic N) is 3. The van der Waals surface area contributed by atoms with Crippen LogP contribution in [0.4, 0.5) is 10.5 Å². The number of aromatic nitrogens is 2. The molecule has 1 aromatic carbocycles. The fourth-order valence-electron chi connectivity index (χ4n) is 3.06. The summed E-state index contributed by atoms with van der Waals surface area (Å²) in [7, 11) is 1.80. The molecule has 0 bridgehead atoms. The Balaban J connectivity index is 1.77. The predicted molar refractivity (Wildman–Crippen MR) is 91.5 cm³/mol. The average Bonchev–Trinajstić information content (AvgIpc) is 3.18. The van der Waals surface area contributed by atoms with Crippen LogP contribution in [0.1, 0.15) is 31.2 Å². The maximum absolute atomic E-state index is 12.8. The molecule has 3 rings (SSSR count). The van der Waals surface area contributed by atoms with Crippen LogP contribution in [0.25, 0.3) is 0 Å². The van der Waals surface area contributed by atoms with Crippen molar-refractivity contribution >= 4 is 23.3 Å². The molecule has 122 valence electrons. The molecule has 0 atom stereocenters. The van der Waals surface area contributed by atoms with Gasteiger partial charge in [0.25, 0.3) is 0 Å². The van der Waals surface area contributed by atoms with Gasteiger partial charge in [0.2, 0.25) is 0 Å². The van der Waals surface area contributed by atoms with Gasteiger partial charge in [0.15, 0.2) is 0 Å². The Morgan fingerprint density at radius 1 is 1.35 bits per heavy atom. The summed E-state index contributed by atoms with van der Waals surface area (Å²) in [5.74, 6) is 0. The molecule has 5 nitrogen and oxygen atoms in total. The van der Waals surface area contributed by atoms with Crippen LogP contribution in [-0.2, 0) is 13.6 Å². The second-order valence-corrected chi connectivity index (χ2v) is 6.30. The van der Waals surface area contributed by atoms with Crippen molar-refractivity contribution in [3.8, 4) is 0 Å². The Bertz CT molecular complexity index is 664. The Kier molecular flexibility index (Phi) is 4.86. The maximum Gasteiger partial charge on any atom is 0.322 e. The van der Waals surface area contributed by atoms with Crippen LogP contribution >= 0.6 is 11.6 Å². The first kappa shape index (κ1) is 15.9. The van der Waals surface area contributed by atoms with Crippen LogP contribution in [0.15, 0.2) is 36.5 Å². The van der Waals surface area contributed by atoms with E-state index >= 15 is 0 Å². The lowest BCUT2D eigenvalue weighted by Crippen LogP contribution is -2.41. The first-order chi connectivity index (χ1) is 11.1. The van der Waals surface area contributed by atoms with Gasteiger partial charge in [-0.05, 0) is 25.0 Å². The Morgan fingerprint density at radius 3 is 2.65 bits per heavy atom. The normalized spacial score (nSPS) is 14.9. The molecule has 1 aliphatic rings. The van der Waals surface area contributed by atoms with Crippen LogP contribution in [0.3, 0.4) is 0 Å². The van der Waals surface area contributed by atoms with E-state index in [0.29, 0.717) is 11.7 Å². The van der Waals surface area contributed by atoms with Crippen LogP contribution in [0.2, 0.25) is 5.15 Å². The monoisotopic (exact) mass is 332 g/mol. The third kappa shape index (κ3) is 3.67. The highest BCUT2D eigenvalue weighted by molar-refractivity contribution is 6.30. The first-order valence-corrected chi connectivity index (χ1v) is 8.32. The number of carbonyl (C=O) groups is 1. The minimum atomic E-state index is -0.0805. The van der Waals surface area contributed by atoms with Gasteiger partial charge in [-0.25, -0.2) is 4.79 Å². The van der Waals surface area contributed by atoms with Crippen molar-refractivity contribution in [1.29, 1.82) is 0 Å². The number of hydrogen-bond acceptors (Lipinski definition) is 2. The molecule has 2 amide bonds. The van der Waals surface area contributed by atoms with Gasteiger partial charge in [-0.3, -0.25) is 4.68 Å². The topological polar surface area (TPSA) is 50.2 Å². The minimum Gasteiger partial charge on any atom is -0.317 e. The lowest BCUT2D eigenvalue weighted by Gasteiger charge is -2.29. The summed E-state index contributed by atoms with van der Waals surface area (Å²) in [6.07, 6.45) is 6.15. The van der Waals surface area contributed by atoms with Crippen molar-refractivity contribution in [1.82, 2.24) is 14.7 Å². The van der Waals surface area contributed by atoms with E-state index in [1.165, 1.54) is 12.8 Å². The number of rotatable bonds is 4. The largest absolute Gasteiger partial charge is 0.322 e. The van der Waals surface area contributed by atoms with E-state index in [4.69, 9.17) is 11.6 Å². The Hall–Kier alpha value is -2.01. The standard InChI is InChI=1S/C17H21ClN4O/c1-21-16(18)13(11-19-21)12-22(15-9-5-6-10-15)17(23)20-14-7-3-2-4-8-14/h2-4,7-8,11,15H,5-6,9-10,12H2,1H3,(H,20,23). The summed E-state index contributed by atoms with van der Waals surface area (Å²) in [5.41, 5.74) is 1.68. The van der Waals surface area contributed by atoms with Gasteiger partial charge >= 0.3 is 6.03 Å². The summed E-state index contributed by atoms with van der Waals surface area (Å²) < 4.78 is 1.62. The van der Waals surface area contributed by atoms with Gasteiger partial charge in [-0.1, -0.05) is 42.6 Å². The molecule has 1 aromatic heterocycles. The highest BCUT2D eigenvalue weighted by Gasteiger charge is 2.28. The molecule has 0 unspecified atom stereocenters. The second-order valence-electron chi connectivity index (χ2n) is 5.95. The van der Waals surface area contributed by atoms with Crippen LogP contribution < -0.4 is 5.32 Å². The lowest BCUT2D eigenvalue weighted by molar-refractivity contribution is 0.184. The average molecular weight is 333 g/mol. The highest BCUT2D eigenvalue weighted by atomic mass is 35.5. The Morgan fingerprint density at radius 2 is 2.04 bits per heavy atom. The van der Waals surface area contributed by atoms with Crippen molar-refractivity contribution < 1.29 is 4.79 Å². The smallest absolute Gasteiger partial charge is 0.317 e. The lowest BCUT2D eigenvalue weighted by atomic mass is 10.2. The molecule has 2 aromatic rings. The third-order valence-electron chi connectivity index (χ3n) is 4.33. The molecule has 0 saturated heterocycles. The SMILES string of the molecule is Cn1ncc(CN(C(=O)Nc2ccccc2)C2CCCC2)c1Cl. The van der Waals surface area contributed by atoms with Crippen LogP contribution in [-0.4, -0.2) is 26.8 Å². The van der Waals surface area contributed by atoms with Crippen LogP contribution in [0.5, 0.6) is 0 Å². The van der Waals surface area contributed by atoms with Gasteiger partial charge in [-0.15, -0.1) is 0 Å². The fourth-order valence-corrected chi connectivity index (χ4v) is 3.21. The molecular weight excluding hydrogens is 312 g/mol. The second kappa shape index (κ2) is 7.04. The molecular formula is C17H21ClN4O. The van der Waals surface area contributed by atoms with Crippen molar-refractivity contribution in [2.75, 3.05) is 5.32 Å². The number of aryl methyl sites for hydroxylation is 1. The molecule has 0 radical (unpaired) electrons. The van der Waals surface area contributed by atoms with Crippen molar-refractivity contribution in [3.05, 3.63) is 47.2 Å². The molecule has 1 fully saturated rings. The third-order valence-corrected chi connectivity index (χ3v) is 4.82. The van der Waals surface area contributed by atoms with Crippen molar-refractivity contribution in [2.45, 2.75) is 38.3 Å². The van der Waals surface area contributed by atoms with E-state index in [2.05, 4.69) is 10.4 Å². The number of urea groups is 1. The molecule has 1 saturated carbocycles. The minimum absolute atomic E-state index is 0.0805. The Labute approximate surface area is 141 Å². The first-order valence-electron chi connectivity index (χ1n) is 7.94. The van der Waals surface area contributed by atoms with Gasteiger partial charge in [0, 0.05) is 24.3 Å². The molecule has 1 aliphatic carbocycles. The molecule has 1 N–H and O–H groups in total. The quantitative estimate of drug-likeness (QED) is 0.918. The van der Waals surface area contributed by atoms with E-state index in [1.807, 2.05) is 35.2 Å². The van der Waals surface area contributed by atoms with E-state index in [9.17, 15) is 4.79 Å². The van der Waals surface area contributed by atoms with E-state index in [-0.39, 0.29) is 12.1 Å². The zero-order chi connectivity index (χ0) is 16.2. The molecule has 6 heteroatoms. The summed E-state index contributed by atoms with van der Waals surface area (Å²) in [4.78, 5) is 14.7. The van der Waals surface area contributed by atoms with Crippen molar-refractivity contribution in [2.24, 2.45) is 7.05 Å². The number of amides is 2. The number of carbonyl (C=O) groups excluding carboxylic acids is 1. The number of halogens is 1. The fraction of sp³-hybridized carbons (Fsp3) is 0.412. The summed E-state index contributed by atoms with van der Waals surface area (Å²) in [6.45, 7) is 0.482. The van der Waals surface area contributed by atoms with E-state index < -0.39 is 0 Å². The van der Waals surface area contributed by atoms with Crippen molar-refractivity contribution in [3.63, 3.8) is 0 Å². The summed E-state index contributed by atoms with van der Waals surface area (Å²) in [6, 6.07) is 9.71. The summed E-state index contributed by atoms with van der Waals surface area (Å²) in [5, 5.41) is 7.73. The molecule has 0 spiro atoms.